The summed E-state index contributed by atoms with van der Waals surface area (Å²) in [6.45, 7) is -0.190. The lowest BCUT2D eigenvalue weighted by atomic mass is 9.92. The van der Waals surface area contributed by atoms with Crippen molar-refractivity contribution in [2.75, 3.05) is 11.9 Å². The molecule has 178 valence electrons. The first-order chi connectivity index (χ1) is 16.4. The molecule has 1 aliphatic rings. The Hall–Kier alpha value is -3.42. The molecule has 4 rings (SSSR count). The lowest BCUT2D eigenvalue weighted by molar-refractivity contribution is 0.158. The molecule has 0 aromatic heterocycles. The molecule has 1 aliphatic heterocycles. The molecule has 0 saturated carbocycles. The van der Waals surface area contributed by atoms with Crippen LogP contribution in [0.15, 0.2) is 72.8 Å². The van der Waals surface area contributed by atoms with E-state index in [1.165, 1.54) is 18.2 Å². The number of urea groups is 1. The van der Waals surface area contributed by atoms with Crippen molar-refractivity contribution < 1.29 is 24.5 Å². The number of likely N-dealkylation sites (N-methyl/N-ethyl adjacent to an activating group) is 1. The Morgan fingerprint density at radius 2 is 1.74 bits per heavy atom. The van der Waals surface area contributed by atoms with E-state index in [0.717, 1.165) is 5.69 Å². The van der Waals surface area contributed by atoms with Crippen LogP contribution in [-0.4, -0.2) is 39.3 Å². The normalized spacial score (nSPS) is 19.0. The highest BCUT2D eigenvalue weighted by Gasteiger charge is 2.46. The molecule has 1 saturated heterocycles. The van der Waals surface area contributed by atoms with Crippen LogP contribution in [0.1, 0.15) is 48.1 Å². The number of aromatic hydroxyl groups is 1. The molecule has 7 heteroatoms. The van der Waals surface area contributed by atoms with Crippen LogP contribution in [0, 0.1) is 5.82 Å². The largest absolute Gasteiger partial charge is 0.508 e. The molecule has 34 heavy (non-hydrogen) atoms. The summed E-state index contributed by atoms with van der Waals surface area (Å²) in [5.74, 6) is -0.324. The number of phenols is 1. The highest BCUT2D eigenvalue weighted by Crippen LogP contribution is 2.43. The maximum absolute atomic E-state index is 13.3. The number of amides is 2. The molecule has 1 fully saturated rings. The van der Waals surface area contributed by atoms with Crippen molar-refractivity contribution in [3.05, 3.63) is 95.3 Å². The molecule has 3 atom stereocenters. The number of phenolic OH excluding ortho intramolecular Hbond substituents is 1. The van der Waals surface area contributed by atoms with Gasteiger partial charge in [0.1, 0.15) is 11.6 Å². The molecular weight excluding hydrogens is 435 g/mol. The Morgan fingerprint density at radius 1 is 1.03 bits per heavy atom. The number of benzene rings is 3. The zero-order valence-electron chi connectivity index (χ0n) is 19.0. The molecule has 2 amide bonds. The zero-order valence-corrected chi connectivity index (χ0v) is 19.0. The second kappa shape index (κ2) is 10.2. The molecule has 1 heterocycles. The minimum atomic E-state index is -0.732. The second-order valence-corrected chi connectivity index (χ2v) is 8.66. The molecule has 0 bridgehead atoms. The van der Waals surface area contributed by atoms with Gasteiger partial charge in [-0.1, -0.05) is 42.5 Å². The molecule has 6 nitrogen and oxygen atoms in total. The van der Waals surface area contributed by atoms with Crippen LogP contribution in [0.2, 0.25) is 0 Å². The van der Waals surface area contributed by atoms with E-state index in [4.69, 9.17) is 0 Å². The van der Waals surface area contributed by atoms with Gasteiger partial charge in [0.15, 0.2) is 0 Å². The van der Waals surface area contributed by atoms with Gasteiger partial charge < -0.3 is 20.2 Å². The maximum atomic E-state index is 13.3. The first-order valence-corrected chi connectivity index (χ1v) is 11.4. The Bertz CT molecular complexity index is 1120. The van der Waals surface area contributed by atoms with Gasteiger partial charge in [0.2, 0.25) is 0 Å². The smallest absolute Gasteiger partial charge is 0.325 e. The Balaban J connectivity index is 1.60. The predicted octanol–water partition coefficient (Wildman–Crippen LogP) is 4.91. The van der Waals surface area contributed by atoms with Gasteiger partial charge in [0, 0.05) is 18.3 Å². The minimum Gasteiger partial charge on any atom is -0.508 e. The minimum absolute atomic E-state index is 0.0249. The average molecular weight is 465 g/mol. The van der Waals surface area contributed by atoms with Gasteiger partial charge in [-0.2, -0.15) is 0 Å². The number of halogens is 1. The van der Waals surface area contributed by atoms with Gasteiger partial charge >= 0.3 is 6.03 Å². The van der Waals surface area contributed by atoms with E-state index in [-0.39, 0.29) is 30.2 Å². The summed E-state index contributed by atoms with van der Waals surface area (Å²) in [6, 6.07) is 19.3. The van der Waals surface area contributed by atoms with Gasteiger partial charge in [-0.05, 0) is 60.7 Å². The molecule has 3 N–H and O–H groups in total. The van der Waals surface area contributed by atoms with E-state index >= 15 is 0 Å². The van der Waals surface area contributed by atoms with Crippen molar-refractivity contribution in [2.24, 2.45) is 0 Å². The number of carbonyl (C=O) groups is 1. The fourth-order valence-corrected chi connectivity index (χ4v) is 4.68. The van der Waals surface area contributed by atoms with Crippen molar-refractivity contribution >= 4 is 11.7 Å². The fraction of sp³-hybridized carbons (Fsp3) is 0.296. The average Bonchev–Trinajstić information content (AvgIpc) is 3.09. The highest BCUT2D eigenvalue weighted by molar-refractivity contribution is 5.95. The monoisotopic (exact) mass is 464 g/mol. The topological polar surface area (TPSA) is 84.2 Å². The van der Waals surface area contributed by atoms with Crippen LogP contribution in [0.4, 0.5) is 14.9 Å². The third-order valence-corrected chi connectivity index (χ3v) is 6.51. The maximum Gasteiger partial charge on any atom is 0.325 e. The lowest BCUT2D eigenvalue weighted by Gasteiger charge is -2.28. The van der Waals surface area contributed by atoms with Gasteiger partial charge in [-0.25, -0.2) is 9.18 Å². The molecule has 3 aromatic rings. The molecule has 3 aromatic carbocycles. The van der Waals surface area contributed by atoms with Crippen LogP contribution in [0.25, 0.3) is 0 Å². The van der Waals surface area contributed by atoms with Crippen molar-refractivity contribution in [2.45, 2.75) is 44.1 Å². The van der Waals surface area contributed by atoms with Gasteiger partial charge in [0.25, 0.3) is 0 Å². The lowest BCUT2D eigenvalue weighted by Crippen LogP contribution is -2.31. The van der Waals surface area contributed by atoms with Gasteiger partial charge in [-0.3, -0.25) is 4.90 Å². The SMILES string of the molecule is CN1C(=O)N(c2ccccc2)[C@H](c2ccc(CO)cc2O)[C@H]1CCCC(O)c1ccc(F)cc1. The first kappa shape index (κ1) is 23.7. The van der Waals surface area contributed by atoms with E-state index in [9.17, 15) is 24.5 Å². The summed E-state index contributed by atoms with van der Waals surface area (Å²) in [7, 11) is 1.75. The molecule has 1 unspecified atom stereocenters. The van der Waals surface area contributed by atoms with Crippen molar-refractivity contribution in [1.82, 2.24) is 4.90 Å². The fourth-order valence-electron chi connectivity index (χ4n) is 4.68. The number of aliphatic hydroxyl groups excluding tert-OH is 2. The predicted molar refractivity (Wildman–Crippen MR) is 128 cm³/mol. The van der Waals surface area contributed by atoms with Crippen LogP contribution >= 0.6 is 0 Å². The summed E-state index contributed by atoms with van der Waals surface area (Å²) in [4.78, 5) is 16.7. The summed E-state index contributed by atoms with van der Waals surface area (Å²) >= 11 is 0. The quantitative estimate of drug-likeness (QED) is 0.442. The third-order valence-electron chi connectivity index (χ3n) is 6.51. The number of para-hydroxylation sites is 1. The Morgan fingerprint density at radius 3 is 2.38 bits per heavy atom. The van der Waals surface area contributed by atoms with Crippen LogP contribution in [0.5, 0.6) is 5.75 Å². The molecular formula is C27H29FN2O4. The number of nitrogens with zero attached hydrogens (tertiary/aromatic N) is 2. The number of rotatable bonds is 8. The number of carbonyl (C=O) groups excluding carboxylic acids is 1. The number of anilines is 1. The van der Waals surface area contributed by atoms with Crippen molar-refractivity contribution in [3.8, 4) is 5.75 Å². The highest BCUT2D eigenvalue weighted by atomic mass is 19.1. The van der Waals surface area contributed by atoms with Crippen molar-refractivity contribution in [3.63, 3.8) is 0 Å². The van der Waals surface area contributed by atoms with Gasteiger partial charge in [-0.15, -0.1) is 0 Å². The first-order valence-electron chi connectivity index (χ1n) is 11.4. The number of hydrogen-bond donors (Lipinski definition) is 3. The van der Waals surface area contributed by atoms with E-state index < -0.39 is 12.1 Å². The third kappa shape index (κ3) is 4.76. The Kier molecular flexibility index (Phi) is 7.14. The Labute approximate surface area is 198 Å². The van der Waals surface area contributed by atoms with E-state index in [2.05, 4.69) is 0 Å². The summed E-state index contributed by atoms with van der Waals surface area (Å²) in [6.07, 6.45) is 0.937. The number of aliphatic hydroxyl groups is 2. The van der Waals surface area contributed by atoms with Crippen LogP contribution in [-0.2, 0) is 6.61 Å². The molecule has 0 radical (unpaired) electrons. The zero-order chi connectivity index (χ0) is 24.2. The summed E-state index contributed by atoms with van der Waals surface area (Å²) < 4.78 is 13.2. The second-order valence-electron chi connectivity index (χ2n) is 8.66. The van der Waals surface area contributed by atoms with Crippen LogP contribution < -0.4 is 4.90 Å². The van der Waals surface area contributed by atoms with E-state index in [1.807, 2.05) is 30.3 Å². The summed E-state index contributed by atoms with van der Waals surface area (Å²) in [5, 5.41) is 30.8. The van der Waals surface area contributed by atoms with Gasteiger partial charge in [0.05, 0.1) is 24.8 Å². The summed E-state index contributed by atoms with van der Waals surface area (Å²) in [5.41, 5.74) is 2.56. The molecule has 0 aliphatic carbocycles. The van der Waals surface area contributed by atoms with E-state index in [1.54, 1.807) is 41.1 Å². The number of hydrogen-bond acceptors (Lipinski definition) is 4. The van der Waals surface area contributed by atoms with Crippen LogP contribution in [0.3, 0.4) is 0 Å². The molecule has 0 spiro atoms. The van der Waals surface area contributed by atoms with E-state index in [0.29, 0.717) is 36.0 Å². The standard InChI is InChI=1S/C27H29FN2O4/c1-29-23(8-5-9-24(32)19-11-13-20(28)14-12-19)26(22-15-10-18(17-31)16-25(22)33)30(27(29)34)21-6-3-2-4-7-21/h2-4,6-7,10-16,23-24,26,31-33H,5,8-9,17H2,1H3/t23-,24?,26-/m1/s1. The van der Waals surface area contributed by atoms with Crippen molar-refractivity contribution in [1.29, 1.82) is 0 Å².